The third-order valence-electron chi connectivity index (χ3n) is 7.96. The van der Waals surface area contributed by atoms with E-state index in [1.54, 1.807) is 24.0 Å². The first-order chi connectivity index (χ1) is 16.8. The van der Waals surface area contributed by atoms with Crippen LogP contribution in [0.2, 0.25) is 0 Å². The summed E-state index contributed by atoms with van der Waals surface area (Å²) >= 11 is 0. The van der Waals surface area contributed by atoms with Crippen molar-refractivity contribution in [3.05, 3.63) is 66.0 Å². The highest BCUT2D eigenvalue weighted by Gasteiger charge is 2.62. The van der Waals surface area contributed by atoms with Gasteiger partial charge in [0, 0.05) is 36.4 Å². The zero-order chi connectivity index (χ0) is 24.1. The summed E-state index contributed by atoms with van der Waals surface area (Å²) in [6, 6.07) is 8.42. The number of anilines is 1. The molecular formula is C26H24FN7O. The quantitative estimate of drug-likeness (QED) is 0.425. The van der Waals surface area contributed by atoms with Crippen LogP contribution in [0.4, 0.5) is 10.2 Å². The number of carbonyl (C=O) groups excluding carboxylic acids is 1. The van der Waals surface area contributed by atoms with E-state index in [1.807, 2.05) is 46.8 Å². The predicted octanol–water partition coefficient (Wildman–Crippen LogP) is 4.25. The standard InChI is InChI=1S/C26H24FN7O/c1-14(21-13-33-6-4-3-5-22(33)30-21)34(26-9-15(10-26)11-26)25(35)16-7-17-20(8-19(16)27)31-24(28)18-12-29-32(2)23(17)18/h3-8,12-15H,9-11H2,1-2H3,(H2,28,31). The first kappa shape index (κ1) is 20.4. The van der Waals surface area contributed by atoms with Crippen LogP contribution in [0.15, 0.2) is 48.9 Å². The highest BCUT2D eigenvalue weighted by atomic mass is 19.1. The molecule has 4 aromatic heterocycles. The fourth-order valence-electron chi connectivity index (χ4n) is 6.09. The minimum Gasteiger partial charge on any atom is -0.383 e. The van der Waals surface area contributed by atoms with Crippen molar-refractivity contribution in [2.45, 2.75) is 37.8 Å². The predicted molar refractivity (Wildman–Crippen MR) is 130 cm³/mol. The zero-order valence-electron chi connectivity index (χ0n) is 19.4. The van der Waals surface area contributed by atoms with Gasteiger partial charge in [-0.15, -0.1) is 0 Å². The molecule has 8 nitrogen and oxygen atoms in total. The van der Waals surface area contributed by atoms with Gasteiger partial charge in [-0.25, -0.2) is 14.4 Å². The maximum absolute atomic E-state index is 15.5. The minimum atomic E-state index is -0.602. The average Bonchev–Trinajstić information content (AvgIpc) is 3.38. The topological polar surface area (TPSA) is 94.3 Å². The number of halogens is 1. The Morgan fingerprint density at radius 1 is 1.23 bits per heavy atom. The SMILES string of the molecule is CC(c1cn2ccccc2n1)N(C(=O)c1cc2c(cc1F)nc(N)c1cnn(C)c12)C12CC(C1)C2. The van der Waals surface area contributed by atoms with Gasteiger partial charge in [-0.3, -0.25) is 9.48 Å². The number of nitrogens with two attached hydrogens (primary N) is 1. The molecule has 3 fully saturated rings. The lowest BCUT2D eigenvalue weighted by Crippen LogP contribution is -2.69. The van der Waals surface area contributed by atoms with Crippen LogP contribution in [-0.2, 0) is 7.05 Å². The summed E-state index contributed by atoms with van der Waals surface area (Å²) in [5.74, 6) is 0.0188. The molecule has 1 amide bonds. The van der Waals surface area contributed by atoms with Crippen LogP contribution in [0, 0.1) is 11.7 Å². The number of aromatic nitrogens is 5. The summed E-state index contributed by atoms with van der Waals surface area (Å²) in [6.07, 6.45) is 8.39. The lowest BCUT2D eigenvalue weighted by molar-refractivity contribution is -0.137. The number of hydrogen-bond donors (Lipinski definition) is 1. The van der Waals surface area contributed by atoms with E-state index in [2.05, 4.69) is 10.1 Å². The van der Waals surface area contributed by atoms with Crippen LogP contribution < -0.4 is 5.73 Å². The number of nitrogens with zero attached hydrogens (tertiary/aromatic N) is 6. The van der Waals surface area contributed by atoms with Crippen molar-refractivity contribution >= 4 is 39.2 Å². The molecular weight excluding hydrogens is 445 g/mol. The largest absolute Gasteiger partial charge is 0.383 e. The summed E-state index contributed by atoms with van der Waals surface area (Å²) in [5, 5.41) is 5.62. The van der Waals surface area contributed by atoms with Gasteiger partial charge in [-0.05, 0) is 50.3 Å². The van der Waals surface area contributed by atoms with Gasteiger partial charge in [0.15, 0.2) is 0 Å². The van der Waals surface area contributed by atoms with E-state index in [4.69, 9.17) is 10.7 Å². The van der Waals surface area contributed by atoms with E-state index in [-0.39, 0.29) is 28.9 Å². The highest BCUT2D eigenvalue weighted by molar-refractivity contribution is 6.10. The van der Waals surface area contributed by atoms with Gasteiger partial charge in [-0.1, -0.05) is 6.07 Å². The molecule has 1 atom stereocenters. The number of carbonyl (C=O) groups is 1. The molecule has 3 saturated carbocycles. The van der Waals surface area contributed by atoms with Gasteiger partial charge in [-0.2, -0.15) is 5.10 Å². The number of fused-ring (bicyclic) bond motifs is 4. The van der Waals surface area contributed by atoms with Crippen molar-refractivity contribution in [1.29, 1.82) is 0 Å². The van der Waals surface area contributed by atoms with Crippen molar-refractivity contribution in [3.63, 3.8) is 0 Å². The number of hydrogen-bond acceptors (Lipinski definition) is 5. The second-order valence-electron chi connectivity index (χ2n) is 10.1. The first-order valence-electron chi connectivity index (χ1n) is 11.8. The maximum Gasteiger partial charge on any atom is 0.257 e. The second-order valence-corrected chi connectivity index (χ2v) is 10.1. The lowest BCUT2D eigenvalue weighted by Gasteiger charge is -2.67. The Morgan fingerprint density at radius 3 is 2.74 bits per heavy atom. The second kappa shape index (κ2) is 6.78. The molecule has 1 unspecified atom stereocenters. The Bertz CT molecular complexity index is 1640. The first-order valence-corrected chi connectivity index (χ1v) is 11.8. The minimum absolute atomic E-state index is 0.0342. The molecule has 0 spiro atoms. The maximum atomic E-state index is 15.5. The number of benzene rings is 1. The van der Waals surface area contributed by atoms with E-state index >= 15 is 4.39 Å². The molecule has 176 valence electrons. The third kappa shape index (κ3) is 2.72. The molecule has 2 N–H and O–H groups in total. The molecule has 5 aromatic rings. The van der Waals surface area contributed by atoms with Crippen molar-refractivity contribution in [2.24, 2.45) is 13.0 Å². The van der Waals surface area contributed by atoms with Crippen LogP contribution in [0.3, 0.4) is 0 Å². The molecule has 3 aliphatic rings. The van der Waals surface area contributed by atoms with Crippen LogP contribution >= 0.6 is 0 Å². The Labute approximate surface area is 200 Å². The smallest absolute Gasteiger partial charge is 0.257 e. The number of aryl methyl sites for hydroxylation is 1. The van der Waals surface area contributed by atoms with Gasteiger partial charge in [0.1, 0.15) is 17.3 Å². The summed E-state index contributed by atoms with van der Waals surface area (Å²) in [4.78, 5) is 25.1. The van der Waals surface area contributed by atoms with E-state index in [0.717, 1.165) is 36.1 Å². The summed E-state index contributed by atoms with van der Waals surface area (Å²) in [7, 11) is 1.80. The van der Waals surface area contributed by atoms with Gasteiger partial charge >= 0.3 is 0 Å². The summed E-state index contributed by atoms with van der Waals surface area (Å²) < 4.78 is 19.1. The monoisotopic (exact) mass is 469 g/mol. The Balaban J connectivity index is 1.37. The molecule has 9 heteroatoms. The Hall–Kier alpha value is -4.01. The fourth-order valence-corrected chi connectivity index (χ4v) is 6.09. The third-order valence-corrected chi connectivity index (χ3v) is 7.96. The number of rotatable bonds is 4. The summed E-state index contributed by atoms with van der Waals surface area (Å²) in [5.41, 5.74) is 8.62. The molecule has 2 bridgehead atoms. The van der Waals surface area contributed by atoms with Crippen molar-refractivity contribution in [2.75, 3.05) is 5.73 Å². The number of pyridine rings is 2. The Kier molecular flexibility index (Phi) is 3.94. The van der Waals surface area contributed by atoms with E-state index in [1.165, 1.54) is 6.07 Å². The van der Waals surface area contributed by atoms with Crippen LogP contribution in [-0.4, -0.2) is 40.5 Å². The van der Waals surface area contributed by atoms with Gasteiger partial charge in [0.25, 0.3) is 5.91 Å². The van der Waals surface area contributed by atoms with E-state index in [0.29, 0.717) is 22.2 Å². The average molecular weight is 470 g/mol. The van der Waals surface area contributed by atoms with Gasteiger partial charge in [0.2, 0.25) is 0 Å². The number of imidazole rings is 1. The van der Waals surface area contributed by atoms with Crippen molar-refractivity contribution in [1.82, 2.24) is 29.0 Å². The summed E-state index contributed by atoms with van der Waals surface area (Å²) in [6.45, 7) is 1.99. The van der Waals surface area contributed by atoms with Gasteiger partial charge in [0.05, 0.1) is 39.9 Å². The Morgan fingerprint density at radius 2 is 2.03 bits per heavy atom. The molecule has 0 aliphatic heterocycles. The number of nitrogen functional groups attached to an aromatic ring is 1. The van der Waals surface area contributed by atoms with Crippen molar-refractivity contribution < 1.29 is 9.18 Å². The van der Waals surface area contributed by atoms with E-state index in [9.17, 15) is 4.79 Å². The van der Waals surface area contributed by atoms with Gasteiger partial charge < -0.3 is 15.0 Å². The molecule has 0 saturated heterocycles. The number of amides is 1. The fraction of sp³-hybridized carbons (Fsp3) is 0.308. The molecule has 35 heavy (non-hydrogen) atoms. The van der Waals surface area contributed by atoms with E-state index < -0.39 is 5.82 Å². The highest BCUT2D eigenvalue weighted by Crippen LogP contribution is 2.62. The van der Waals surface area contributed by atoms with Crippen LogP contribution in [0.1, 0.15) is 48.3 Å². The molecule has 3 aliphatic carbocycles. The molecule has 8 rings (SSSR count). The normalized spacial score (nSPS) is 21.7. The molecule has 1 aromatic carbocycles. The zero-order valence-corrected chi connectivity index (χ0v) is 19.4. The molecule has 4 heterocycles. The lowest BCUT2D eigenvalue weighted by atomic mass is 9.48. The molecule has 0 radical (unpaired) electrons. The van der Waals surface area contributed by atoms with Crippen molar-refractivity contribution in [3.8, 4) is 0 Å². The van der Waals surface area contributed by atoms with Crippen LogP contribution in [0.25, 0.3) is 27.5 Å². The van der Waals surface area contributed by atoms with Crippen LogP contribution in [0.5, 0.6) is 0 Å².